The number of methoxy groups -OCH3 is 3. The molecule has 0 bridgehead atoms. The van der Waals surface area contributed by atoms with Crippen molar-refractivity contribution in [1.82, 2.24) is 0 Å². The number of anilines is 1. The van der Waals surface area contributed by atoms with E-state index in [2.05, 4.69) is 0 Å². The van der Waals surface area contributed by atoms with Crippen LogP contribution >= 0.6 is 11.6 Å². The zero-order chi connectivity index (χ0) is 20.4. The normalized spacial score (nSPS) is 16.1. The first kappa shape index (κ1) is 21.4. The van der Waals surface area contributed by atoms with Crippen LogP contribution in [0.5, 0.6) is 17.2 Å². The van der Waals surface area contributed by atoms with Gasteiger partial charge in [0.05, 0.1) is 19.9 Å². The van der Waals surface area contributed by atoms with Crippen LogP contribution in [0.4, 0.5) is 10.5 Å². The molecule has 1 atom stereocenters. The standard InChI is InChI=1S/C19H28ClNO6/c1-11-15(24-6)14-13(17(16(11)25-7)26-10-23-5)12(8-20)9-21(14)18(22)27-19(2,3)4/h12H,8-10H2,1-7H3/t12-/m1/s1. The molecule has 152 valence electrons. The first-order chi connectivity index (χ1) is 12.7. The van der Waals surface area contributed by atoms with Crippen LogP contribution in [-0.4, -0.2) is 52.2 Å². The summed E-state index contributed by atoms with van der Waals surface area (Å²) >= 11 is 6.23. The first-order valence-corrected chi connectivity index (χ1v) is 9.20. The van der Waals surface area contributed by atoms with Crippen molar-refractivity contribution in [3.63, 3.8) is 0 Å². The summed E-state index contributed by atoms with van der Waals surface area (Å²) in [5.41, 5.74) is 1.45. The Hall–Kier alpha value is -1.86. The molecule has 0 aromatic heterocycles. The molecule has 0 N–H and O–H groups in total. The monoisotopic (exact) mass is 401 g/mol. The molecule has 1 aliphatic heterocycles. The van der Waals surface area contributed by atoms with Crippen molar-refractivity contribution in [3.05, 3.63) is 11.1 Å². The number of carbonyl (C=O) groups is 1. The molecule has 27 heavy (non-hydrogen) atoms. The molecule has 0 spiro atoms. The Morgan fingerprint density at radius 2 is 1.78 bits per heavy atom. The van der Waals surface area contributed by atoms with Gasteiger partial charge >= 0.3 is 6.09 Å². The summed E-state index contributed by atoms with van der Waals surface area (Å²) in [6.45, 7) is 7.72. The summed E-state index contributed by atoms with van der Waals surface area (Å²) in [4.78, 5) is 14.4. The molecule has 0 saturated heterocycles. The summed E-state index contributed by atoms with van der Waals surface area (Å²) in [5.74, 6) is 1.70. The summed E-state index contributed by atoms with van der Waals surface area (Å²) in [6.07, 6.45) is -0.461. The lowest BCUT2D eigenvalue weighted by Crippen LogP contribution is -2.36. The predicted octanol–water partition coefficient (Wildman–Crippen LogP) is 4.07. The maximum absolute atomic E-state index is 12.9. The van der Waals surface area contributed by atoms with Gasteiger partial charge in [0.15, 0.2) is 18.3 Å². The smallest absolute Gasteiger partial charge is 0.414 e. The van der Waals surface area contributed by atoms with Crippen molar-refractivity contribution in [2.24, 2.45) is 0 Å². The third-order valence-corrected chi connectivity index (χ3v) is 4.59. The van der Waals surface area contributed by atoms with Gasteiger partial charge in [-0.05, 0) is 27.7 Å². The highest BCUT2D eigenvalue weighted by Crippen LogP contribution is 2.55. The van der Waals surface area contributed by atoms with Gasteiger partial charge in [0.2, 0.25) is 0 Å². The van der Waals surface area contributed by atoms with E-state index in [-0.39, 0.29) is 12.7 Å². The molecule has 1 amide bonds. The van der Waals surface area contributed by atoms with Crippen molar-refractivity contribution in [2.75, 3.05) is 45.4 Å². The van der Waals surface area contributed by atoms with E-state index in [1.165, 1.54) is 7.11 Å². The number of hydrogen-bond donors (Lipinski definition) is 0. The van der Waals surface area contributed by atoms with E-state index < -0.39 is 11.7 Å². The van der Waals surface area contributed by atoms with E-state index in [1.807, 2.05) is 27.7 Å². The van der Waals surface area contributed by atoms with Gasteiger partial charge in [0.1, 0.15) is 11.4 Å². The fourth-order valence-corrected chi connectivity index (χ4v) is 3.47. The molecule has 0 saturated carbocycles. The second-order valence-electron chi connectivity index (χ2n) is 7.28. The third-order valence-electron chi connectivity index (χ3n) is 4.21. The molecule has 1 aromatic rings. The topological polar surface area (TPSA) is 66.5 Å². The van der Waals surface area contributed by atoms with Crippen LogP contribution < -0.4 is 19.1 Å². The molecule has 1 aliphatic rings. The number of carbonyl (C=O) groups excluding carboxylic acids is 1. The minimum Gasteiger partial charge on any atom is -0.494 e. The van der Waals surface area contributed by atoms with E-state index in [4.69, 9.17) is 35.3 Å². The Morgan fingerprint density at radius 3 is 2.26 bits per heavy atom. The molecule has 2 rings (SSSR count). The molecule has 0 aliphatic carbocycles. The van der Waals surface area contributed by atoms with Crippen LogP contribution in [0, 0.1) is 6.92 Å². The maximum atomic E-state index is 12.9. The van der Waals surface area contributed by atoms with E-state index in [0.717, 1.165) is 5.56 Å². The van der Waals surface area contributed by atoms with Crippen LogP contribution in [0.3, 0.4) is 0 Å². The highest BCUT2D eigenvalue weighted by molar-refractivity contribution is 6.18. The minimum atomic E-state index is -0.625. The van der Waals surface area contributed by atoms with E-state index in [0.29, 0.717) is 40.9 Å². The molecule has 0 fully saturated rings. The quantitative estimate of drug-likeness (QED) is 0.528. The molecular weight excluding hydrogens is 374 g/mol. The predicted molar refractivity (Wildman–Crippen MR) is 104 cm³/mol. The number of alkyl halides is 1. The number of fused-ring (bicyclic) bond motifs is 1. The fraction of sp³-hybridized carbons (Fsp3) is 0.632. The molecule has 0 radical (unpaired) electrons. The Kier molecular flexibility index (Phi) is 6.70. The van der Waals surface area contributed by atoms with Gasteiger partial charge in [-0.15, -0.1) is 11.6 Å². The number of nitrogens with zero attached hydrogens (tertiary/aromatic N) is 1. The second-order valence-corrected chi connectivity index (χ2v) is 7.58. The maximum Gasteiger partial charge on any atom is 0.414 e. The van der Waals surface area contributed by atoms with Crippen LogP contribution in [0.15, 0.2) is 0 Å². The third kappa shape index (κ3) is 4.19. The Labute approximate surface area is 165 Å². The van der Waals surface area contributed by atoms with Crippen molar-refractivity contribution in [2.45, 2.75) is 39.2 Å². The summed E-state index contributed by atoms with van der Waals surface area (Å²) < 4.78 is 27.7. The number of benzene rings is 1. The van der Waals surface area contributed by atoms with Gasteiger partial charge in [-0.2, -0.15) is 0 Å². The number of amides is 1. The largest absolute Gasteiger partial charge is 0.494 e. The van der Waals surface area contributed by atoms with Crippen LogP contribution in [0.2, 0.25) is 0 Å². The van der Waals surface area contributed by atoms with Crippen LogP contribution in [0.25, 0.3) is 0 Å². The van der Waals surface area contributed by atoms with Gasteiger partial charge in [-0.1, -0.05) is 0 Å². The van der Waals surface area contributed by atoms with Crippen molar-refractivity contribution in [3.8, 4) is 17.2 Å². The Morgan fingerprint density at radius 1 is 1.15 bits per heavy atom. The fourth-order valence-electron chi connectivity index (χ4n) is 3.22. The minimum absolute atomic E-state index is 0.0377. The number of hydrogen-bond acceptors (Lipinski definition) is 6. The highest BCUT2D eigenvalue weighted by atomic mass is 35.5. The van der Waals surface area contributed by atoms with Crippen LogP contribution in [-0.2, 0) is 9.47 Å². The average Bonchev–Trinajstić information content (AvgIpc) is 2.97. The zero-order valence-corrected chi connectivity index (χ0v) is 17.7. The first-order valence-electron chi connectivity index (χ1n) is 8.66. The van der Waals surface area contributed by atoms with Crippen molar-refractivity contribution < 1.29 is 28.5 Å². The summed E-state index contributed by atoms with van der Waals surface area (Å²) in [7, 11) is 4.65. The van der Waals surface area contributed by atoms with E-state index in [9.17, 15) is 4.79 Å². The summed E-state index contributed by atoms with van der Waals surface area (Å²) in [6, 6.07) is 0. The molecule has 0 unspecified atom stereocenters. The second kappa shape index (κ2) is 8.44. The molecule has 1 aromatic carbocycles. The van der Waals surface area contributed by atoms with Crippen molar-refractivity contribution in [1.29, 1.82) is 0 Å². The molecular formula is C19H28ClNO6. The van der Waals surface area contributed by atoms with Gasteiger partial charge < -0.3 is 23.7 Å². The lowest BCUT2D eigenvalue weighted by Gasteiger charge is -2.27. The highest BCUT2D eigenvalue weighted by Gasteiger charge is 2.42. The van der Waals surface area contributed by atoms with Crippen LogP contribution in [0.1, 0.15) is 37.8 Å². The number of rotatable bonds is 6. The summed E-state index contributed by atoms with van der Waals surface area (Å²) in [5, 5.41) is 0. The number of ether oxygens (including phenoxy) is 5. The Bertz CT molecular complexity index is 701. The Balaban J connectivity index is 2.69. The van der Waals surface area contributed by atoms with Gasteiger partial charge in [-0.25, -0.2) is 4.79 Å². The van der Waals surface area contributed by atoms with E-state index >= 15 is 0 Å². The van der Waals surface area contributed by atoms with Crippen molar-refractivity contribution >= 4 is 23.4 Å². The van der Waals surface area contributed by atoms with Gasteiger partial charge in [0, 0.05) is 36.6 Å². The SMILES string of the molecule is COCOc1c(OC)c(C)c(OC)c2c1[C@H](CCl)CN2C(=O)OC(C)(C)C. The molecule has 7 nitrogen and oxygen atoms in total. The van der Waals surface area contributed by atoms with E-state index in [1.54, 1.807) is 19.1 Å². The number of halogens is 1. The lowest BCUT2D eigenvalue weighted by atomic mass is 9.98. The average molecular weight is 402 g/mol. The van der Waals surface area contributed by atoms with Gasteiger partial charge in [0.25, 0.3) is 0 Å². The zero-order valence-electron chi connectivity index (χ0n) is 17.0. The molecule has 8 heteroatoms. The van der Waals surface area contributed by atoms with Gasteiger partial charge in [-0.3, -0.25) is 4.90 Å². The molecule has 1 heterocycles. The lowest BCUT2D eigenvalue weighted by molar-refractivity contribution is 0.0483.